The molecule has 0 unspecified atom stereocenters. The van der Waals surface area contributed by atoms with Crippen LogP contribution in [0.3, 0.4) is 0 Å². The number of hydrogen-bond donors (Lipinski definition) is 1. The normalized spacial score (nSPS) is 10.2. The third kappa shape index (κ3) is 4.42. The van der Waals surface area contributed by atoms with Gasteiger partial charge in [0, 0.05) is 5.39 Å². The second kappa shape index (κ2) is 8.72. The minimum Gasteiger partial charge on any atom is -0.480 e. The number of nitrogens with one attached hydrogen (secondary N) is 1. The monoisotopic (exact) mass is 382 g/mol. The highest BCUT2D eigenvalue weighted by Crippen LogP contribution is 2.24. The molecule has 6 heteroatoms. The maximum Gasteiger partial charge on any atom is 0.274 e. The quantitative estimate of drug-likeness (QED) is 0.538. The number of rotatable bonds is 5. The summed E-state index contributed by atoms with van der Waals surface area (Å²) >= 11 is 0. The summed E-state index contributed by atoms with van der Waals surface area (Å²) in [5, 5.41) is 13.2. The van der Waals surface area contributed by atoms with Gasteiger partial charge in [-0.3, -0.25) is 4.79 Å². The van der Waals surface area contributed by atoms with E-state index in [1.165, 1.54) is 11.0 Å². The van der Waals surface area contributed by atoms with E-state index in [0.717, 1.165) is 22.2 Å². The van der Waals surface area contributed by atoms with Gasteiger partial charge < -0.3 is 10.1 Å². The van der Waals surface area contributed by atoms with Crippen molar-refractivity contribution in [1.29, 1.82) is 0 Å². The number of nitrogens with zero attached hydrogens (tertiary/aromatic N) is 3. The third-order valence-corrected chi connectivity index (χ3v) is 4.22. The van der Waals surface area contributed by atoms with Crippen LogP contribution in [0.1, 0.15) is 10.5 Å². The Bertz CT molecular complexity index is 1180. The van der Waals surface area contributed by atoms with Crippen LogP contribution in [0.2, 0.25) is 0 Å². The molecule has 1 N–H and O–H groups in total. The van der Waals surface area contributed by atoms with Crippen LogP contribution in [0.25, 0.3) is 16.5 Å². The van der Waals surface area contributed by atoms with E-state index in [0.29, 0.717) is 0 Å². The minimum absolute atomic E-state index is 0.204. The molecular weight excluding hydrogens is 364 g/mol. The van der Waals surface area contributed by atoms with Gasteiger partial charge >= 0.3 is 0 Å². The molecule has 4 rings (SSSR count). The van der Waals surface area contributed by atoms with E-state index >= 15 is 0 Å². The molecule has 3 aromatic carbocycles. The molecule has 0 radical (unpaired) electrons. The van der Waals surface area contributed by atoms with Crippen molar-refractivity contribution in [3.8, 4) is 23.3 Å². The van der Waals surface area contributed by atoms with E-state index in [-0.39, 0.29) is 24.8 Å². The van der Waals surface area contributed by atoms with Crippen LogP contribution < -0.4 is 10.1 Å². The number of carbonyl (C=O) groups is 1. The van der Waals surface area contributed by atoms with Gasteiger partial charge in [-0.05, 0) is 23.6 Å². The Hall–Kier alpha value is -4.11. The fraction of sp³-hybridized carbons (Fsp3) is 0.0870. The van der Waals surface area contributed by atoms with Crippen molar-refractivity contribution in [3.05, 3.63) is 84.7 Å². The van der Waals surface area contributed by atoms with Crippen LogP contribution in [0.4, 0.5) is 0 Å². The van der Waals surface area contributed by atoms with Gasteiger partial charge in [0.25, 0.3) is 5.91 Å². The lowest BCUT2D eigenvalue weighted by atomic mass is 10.1. The Morgan fingerprint density at radius 3 is 2.66 bits per heavy atom. The number of carbonyl (C=O) groups excluding carboxylic acids is 1. The largest absolute Gasteiger partial charge is 0.480 e. The molecule has 0 spiro atoms. The SMILES string of the molecule is O=C(NCC#CCOc1cccc2ccccc12)c1cnn(-c2ccccc2)n1. The summed E-state index contributed by atoms with van der Waals surface area (Å²) in [6.45, 7) is 0.448. The van der Waals surface area contributed by atoms with Crippen molar-refractivity contribution in [3.63, 3.8) is 0 Å². The van der Waals surface area contributed by atoms with Gasteiger partial charge in [0.1, 0.15) is 12.4 Å². The van der Waals surface area contributed by atoms with E-state index in [1.54, 1.807) is 0 Å². The summed E-state index contributed by atoms with van der Waals surface area (Å²) in [6.07, 6.45) is 1.43. The van der Waals surface area contributed by atoms with E-state index in [2.05, 4.69) is 27.4 Å². The molecule has 0 aliphatic carbocycles. The van der Waals surface area contributed by atoms with E-state index in [4.69, 9.17) is 4.74 Å². The Morgan fingerprint density at radius 2 is 1.76 bits per heavy atom. The van der Waals surface area contributed by atoms with Crippen molar-refractivity contribution in [2.24, 2.45) is 0 Å². The van der Waals surface area contributed by atoms with Crippen molar-refractivity contribution in [2.75, 3.05) is 13.2 Å². The Kier molecular flexibility index (Phi) is 5.49. The lowest BCUT2D eigenvalue weighted by Gasteiger charge is -2.06. The molecular formula is C23H18N4O2. The molecule has 142 valence electrons. The highest BCUT2D eigenvalue weighted by molar-refractivity contribution is 5.92. The molecule has 0 aliphatic rings. The molecule has 29 heavy (non-hydrogen) atoms. The number of hydrogen-bond acceptors (Lipinski definition) is 4. The fourth-order valence-corrected chi connectivity index (χ4v) is 2.82. The first-order valence-electron chi connectivity index (χ1n) is 9.13. The number of para-hydroxylation sites is 1. The first-order chi connectivity index (χ1) is 14.3. The molecule has 0 saturated carbocycles. The zero-order valence-corrected chi connectivity index (χ0v) is 15.6. The number of ether oxygens (including phenoxy) is 1. The van der Waals surface area contributed by atoms with Gasteiger partial charge in [0.15, 0.2) is 5.69 Å². The molecule has 1 amide bonds. The smallest absolute Gasteiger partial charge is 0.274 e. The first kappa shape index (κ1) is 18.3. The second-order valence-corrected chi connectivity index (χ2v) is 6.16. The van der Waals surface area contributed by atoms with Gasteiger partial charge in [-0.15, -0.1) is 5.10 Å². The van der Waals surface area contributed by atoms with Crippen molar-refractivity contribution >= 4 is 16.7 Å². The van der Waals surface area contributed by atoms with Gasteiger partial charge in [0.2, 0.25) is 0 Å². The minimum atomic E-state index is -0.323. The van der Waals surface area contributed by atoms with Crippen molar-refractivity contribution in [1.82, 2.24) is 20.3 Å². The summed E-state index contributed by atoms with van der Waals surface area (Å²) < 4.78 is 5.75. The number of fused-ring (bicyclic) bond motifs is 1. The highest BCUT2D eigenvalue weighted by atomic mass is 16.5. The van der Waals surface area contributed by atoms with Crippen LogP contribution in [-0.2, 0) is 0 Å². The van der Waals surface area contributed by atoms with E-state index in [1.807, 2.05) is 72.8 Å². The molecule has 1 heterocycles. The van der Waals surface area contributed by atoms with Gasteiger partial charge in [-0.25, -0.2) is 0 Å². The first-order valence-corrected chi connectivity index (χ1v) is 9.13. The molecule has 0 atom stereocenters. The Morgan fingerprint density at radius 1 is 0.966 bits per heavy atom. The fourth-order valence-electron chi connectivity index (χ4n) is 2.82. The topological polar surface area (TPSA) is 69.0 Å². The standard InChI is InChI=1S/C23H18N4O2/c28-23(21-17-25-27(26-21)19-11-2-1-3-12-19)24-15-6-7-16-29-22-14-8-10-18-9-4-5-13-20(18)22/h1-5,8-14,17H,15-16H2,(H,24,28). The third-order valence-electron chi connectivity index (χ3n) is 4.22. The van der Waals surface area contributed by atoms with E-state index < -0.39 is 0 Å². The Balaban J connectivity index is 1.28. The van der Waals surface area contributed by atoms with Crippen LogP contribution >= 0.6 is 0 Å². The van der Waals surface area contributed by atoms with Gasteiger partial charge in [-0.2, -0.15) is 9.90 Å². The lowest BCUT2D eigenvalue weighted by Crippen LogP contribution is -2.24. The van der Waals surface area contributed by atoms with Crippen molar-refractivity contribution in [2.45, 2.75) is 0 Å². The maximum atomic E-state index is 12.2. The zero-order valence-electron chi connectivity index (χ0n) is 15.6. The van der Waals surface area contributed by atoms with Crippen LogP contribution in [-0.4, -0.2) is 34.1 Å². The molecule has 0 saturated heterocycles. The average Bonchev–Trinajstić information content (AvgIpc) is 3.27. The Labute approximate surface area is 168 Å². The van der Waals surface area contributed by atoms with Crippen LogP contribution in [0, 0.1) is 11.8 Å². The maximum absolute atomic E-state index is 12.2. The molecule has 0 bridgehead atoms. The van der Waals surface area contributed by atoms with Crippen molar-refractivity contribution < 1.29 is 9.53 Å². The van der Waals surface area contributed by atoms with Gasteiger partial charge in [0.05, 0.1) is 18.4 Å². The molecule has 6 nitrogen and oxygen atoms in total. The second-order valence-electron chi connectivity index (χ2n) is 6.16. The molecule has 1 aromatic heterocycles. The number of aromatic nitrogens is 3. The summed E-state index contributed by atoms with van der Waals surface area (Å²) in [5.41, 5.74) is 1.03. The molecule has 4 aromatic rings. The highest BCUT2D eigenvalue weighted by Gasteiger charge is 2.10. The summed E-state index contributed by atoms with van der Waals surface area (Å²) in [4.78, 5) is 13.6. The zero-order chi connectivity index (χ0) is 19.9. The summed E-state index contributed by atoms with van der Waals surface area (Å²) in [6, 6.07) is 23.3. The number of amides is 1. The summed E-state index contributed by atoms with van der Waals surface area (Å²) in [7, 11) is 0. The van der Waals surface area contributed by atoms with Gasteiger partial charge in [-0.1, -0.05) is 66.4 Å². The average molecular weight is 382 g/mol. The predicted molar refractivity (Wildman–Crippen MR) is 111 cm³/mol. The molecule has 0 fully saturated rings. The van der Waals surface area contributed by atoms with Crippen LogP contribution in [0.15, 0.2) is 79.0 Å². The molecule has 0 aliphatic heterocycles. The predicted octanol–water partition coefficient (Wildman–Crippen LogP) is 3.23. The summed E-state index contributed by atoms with van der Waals surface area (Å²) in [5.74, 6) is 6.26. The lowest BCUT2D eigenvalue weighted by molar-refractivity contribution is 0.0953. The van der Waals surface area contributed by atoms with E-state index in [9.17, 15) is 4.79 Å². The van der Waals surface area contributed by atoms with Crippen LogP contribution in [0.5, 0.6) is 5.75 Å². The number of benzene rings is 3.